The molecule has 1 amide bonds. The molecule has 0 aliphatic carbocycles. The van der Waals surface area contributed by atoms with E-state index in [-0.39, 0.29) is 6.42 Å². The number of nitrogens with one attached hydrogen (secondary N) is 1. The standard InChI is InChI=1S/C14H17F3N2O3/c1-13(18,14(15,16)17)12(21)19-10(11(20)22-2)8-9-6-4-3-5-7-9/h3-7,10H,8,18H2,1-2H3,(H,19,21)/t10-,13+/m0/s1. The van der Waals surface area contributed by atoms with Gasteiger partial charge in [0.15, 0.2) is 5.54 Å². The van der Waals surface area contributed by atoms with Gasteiger partial charge in [-0.05, 0) is 12.5 Å². The zero-order valence-electron chi connectivity index (χ0n) is 12.1. The van der Waals surface area contributed by atoms with Gasteiger partial charge < -0.3 is 15.8 Å². The summed E-state index contributed by atoms with van der Waals surface area (Å²) in [5.41, 5.74) is 2.59. The van der Waals surface area contributed by atoms with Gasteiger partial charge in [-0.1, -0.05) is 30.3 Å². The molecule has 0 fully saturated rings. The predicted molar refractivity (Wildman–Crippen MR) is 72.7 cm³/mol. The van der Waals surface area contributed by atoms with Crippen molar-refractivity contribution >= 4 is 11.9 Å². The zero-order chi connectivity index (χ0) is 17.0. The molecule has 0 saturated carbocycles. The van der Waals surface area contributed by atoms with Gasteiger partial charge in [-0.3, -0.25) is 4.79 Å². The Bertz CT molecular complexity index is 530. The molecule has 0 spiro atoms. The van der Waals surface area contributed by atoms with Crippen molar-refractivity contribution in [1.29, 1.82) is 0 Å². The second kappa shape index (κ2) is 6.78. The molecule has 1 aromatic rings. The van der Waals surface area contributed by atoms with E-state index in [1.165, 1.54) is 0 Å². The van der Waals surface area contributed by atoms with E-state index < -0.39 is 29.6 Å². The highest BCUT2D eigenvalue weighted by atomic mass is 19.4. The van der Waals surface area contributed by atoms with Gasteiger partial charge in [0.25, 0.3) is 0 Å². The molecule has 0 aliphatic heterocycles. The topological polar surface area (TPSA) is 81.4 Å². The summed E-state index contributed by atoms with van der Waals surface area (Å²) in [5.74, 6) is -2.35. The summed E-state index contributed by atoms with van der Waals surface area (Å²) in [6.45, 7) is 0.541. The molecular weight excluding hydrogens is 301 g/mol. The zero-order valence-corrected chi connectivity index (χ0v) is 12.1. The molecule has 0 radical (unpaired) electrons. The fourth-order valence-electron chi connectivity index (χ4n) is 1.62. The number of esters is 1. The first-order valence-electron chi connectivity index (χ1n) is 6.38. The first-order chi connectivity index (χ1) is 10.1. The van der Waals surface area contributed by atoms with Crippen LogP contribution in [-0.4, -0.2) is 36.7 Å². The van der Waals surface area contributed by atoms with Crippen LogP contribution in [0.3, 0.4) is 0 Å². The van der Waals surface area contributed by atoms with Crippen LogP contribution in [0.2, 0.25) is 0 Å². The lowest BCUT2D eigenvalue weighted by atomic mass is 10.00. The summed E-state index contributed by atoms with van der Waals surface area (Å²) in [7, 11) is 1.08. The van der Waals surface area contributed by atoms with Gasteiger partial charge in [0.2, 0.25) is 5.91 Å². The molecule has 3 N–H and O–H groups in total. The van der Waals surface area contributed by atoms with Crippen LogP contribution in [0.5, 0.6) is 0 Å². The van der Waals surface area contributed by atoms with Crippen LogP contribution >= 0.6 is 0 Å². The van der Waals surface area contributed by atoms with E-state index in [0.29, 0.717) is 12.5 Å². The van der Waals surface area contributed by atoms with Crippen LogP contribution in [0.1, 0.15) is 12.5 Å². The van der Waals surface area contributed by atoms with Crippen molar-refractivity contribution in [2.45, 2.75) is 31.1 Å². The third-order valence-electron chi connectivity index (χ3n) is 3.13. The SMILES string of the molecule is COC(=O)[C@H](Cc1ccccc1)NC(=O)[C@@](C)(N)C(F)(F)F. The Labute approximate surface area is 125 Å². The predicted octanol–water partition coefficient (Wildman–Crippen LogP) is 1.17. The van der Waals surface area contributed by atoms with Crippen LogP contribution in [-0.2, 0) is 20.7 Å². The van der Waals surface area contributed by atoms with Crippen molar-refractivity contribution in [1.82, 2.24) is 5.32 Å². The number of amides is 1. The molecule has 0 saturated heterocycles. The third-order valence-corrected chi connectivity index (χ3v) is 3.13. The van der Waals surface area contributed by atoms with Crippen molar-refractivity contribution in [3.63, 3.8) is 0 Å². The number of benzene rings is 1. The van der Waals surface area contributed by atoms with Crippen LogP contribution in [0, 0.1) is 0 Å². The highest BCUT2D eigenvalue weighted by Crippen LogP contribution is 2.28. The maximum atomic E-state index is 12.7. The number of methoxy groups -OCH3 is 1. The highest BCUT2D eigenvalue weighted by Gasteiger charge is 2.54. The Morgan fingerprint density at radius 3 is 2.27 bits per heavy atom. The van der Waals surface area contributed by atoms with Crippen molar-refractivity contribution < 1.29 is 27.5 Å². The summed E-state index contributed by atoms with van der Waals surface area (Å²) in [5, 5.41) is 2.00. The van der Waals surface area contributed by atoms with E-state index in [9.17, 15) is 22.8 Å². The van der Waals surface area contributed by atoms with E-state index in [1.54, 1.807) is 30.3 Å². The smallest absolute Gasteiger partial charge is 0.415 e. The van der Waals surface area contributed by atoms with E-state index in [2.05, 4.69) is 4.74 Å². The number of nitrogens with two attached hydrogens (primary N) is 1. The maximum Gasteiger partial charge on any atom is 0.415 e. The lowest BCUT2D eigenvalue weighted by molar-refractivity contribution is -0.188. The molecule has 122 valence electrons. The van der Waals surface area contributed by atoms with Crippen molar-refractivity contribution in [2.24, 2.45) is 5.73 Å². The first-order valence-corrected chi connectivity index (χ1v) is 6.38. The molecule has 0 aromatic heterocycles. The molecule has 22 heavy (non-hydrogen) atoms. The number of carbonyl (C=O) groups excluding carboxylic acids is 2. The maximum absolute atomic E-state index is 12.7. The quantitative estimate of drug-likeness (QED) is 0.799. The van der Waals surface area contributed by atoms with E-state index in [0.717, 1.165) is 7.11 Å². The summed E-state index contributed by atoms with van der Waals surface area (Å²) in [4.78, 5) is 23.4. The number of hydrogen-bond donors (Lipinski definition) is 2. The van der Waals surface area contributed by atoms with Gasteiger partial charge >= 0.3 is 12.1 Å². The van der Waals surface area contributed by atoms with Crippen LogP contribution in [0.25, 0.3) is 0 Å². The number of halogens is 3. The second-order valence-corrected chi connectivity index (χ2v) is 4.94. The van der Waals surface area contributed by atoms with Crippen molar-refractivity contribution in [2.75, 3.05) is 7.11 Å². The molecule has 0 heterocycles. The molecule has 1 aromatic carbocycles. The summed E-state index contributed by atoms with van der Waals surface area (Å²) in [6, 6.07) is 7.24. The van der Waals surface area contributed by atoms with Crippen LogP contribution < -0.4 is 11.1 Å². The Morgan fingerprint density at radius 2 is 1.82 bits per heavy atom. The summed E-state index contributed by atoms with van der Waals surface area (Å²) in [6.07, 6.45) is -4.95. The lowest BCUT2D eigenvalue weighted by Crippen LogP contribution is -2.63. The summed E-state index contributed by atoms with van der Waals surface area (Å²) >= 11 is 0. The van der Waals surface area contributed by atoms with E-state index in [4.69, 9.17) is 5.73 Å². The number of carbonyl (C=O) groups is 2. The minimum atomic E-state index is -4.94. The molecule has 1 rings (SSSR count). The lowest BCUT2D eigenvalue weighted by Gasteiger charge is -2.28. The largest absolute Gasteiger partial charge is 0.467 e. The third kappa shape index (κ3) is 4.20. The average molecular weight is 318 g/mol. The van der Waals surface area contributed by atoms with Gasteiger partial charge in [-0.2, -0.15) is 13.2 Å². The van der Waals surface area contributed by atoms with Crippen molar-refractivity contribution in [3.8, 4) is 0 Å². The van der Waals surface area contributed by atoms with Gasteiger partial charge in [0.1, 0.15) is 6.04 Å². The fraction of sp³-hybridized carbons (Fsp3) is 0.429. The van der Waals surface area contributed by atoms with E-state index >= 15 is 0 Å². The number of alkyl halides is 3. The van der Waals surface area contributed by atoms with Crippen LogP contribution in [0.15, 0.2) is 30.3 Å². The normalized spacial score (nSPS) is 15.5. The monoisotopic (exact) mass is 318 g/mol. The second-order valence-electron chi connectivity index (χ2n) is 4.94. The number of hydrogen-bond acceptors (Lipinski definition) is 4. The summed E-state index contributed by atoms with van der Waals surface area (Å²) < 4.78 is 42.7. The minimum Gasteiger partial charge on any atom is -0.467 e. The van der Waals surface area contributed by atoms with Gasteiger partial charge in [-0.15, -0.1) is 0 Å². The molecule has 8 heteroatoms. The Kier molecular flexibility index (Phi) is 5.54. The van der Waals surface area contributed by atoms with Gasteiger partial charge in [0.05, 0.1) is 7.11 Å². The first kappa shape index (κ1) is 18.0. The molecular formula is C14H17F3N2O3. The average Bonchev–Trinajstić information content (AvgIpc) is 2.45. The van der Waals surface area contributed by atoms with Gasteiger partial charge in [0, 0.05) is 6.42 Å². The Hall–Kier alpha value is -2.09. The number of rotatable bonds is 5. The molecule has 5 nitrogen and oxygen atoms in total. The number of ether oxygens (including phenoxy) is 1. The highest BCUT2D eigenvalue weighted by molar-refractivity contribution is 5.90. The minimum absolute atomic E-state index is 0.00676. The van der Waals surface area contributed by atoms with Crippen LogP contribution in [0.4, 0.5) is 13.2 Å². The van der Waals surface area contributed by atoms with Gasteiger partial charge in [-0.25, -0.2) is 4.79 Å². The molecule has 0 bridgehead atoms. The molecule has 0 unspecified atom stereocenters. The van der Waals surface area contributed by atoms with E-state index in [1.807, 2.05) is 5.32 Å². The van der Waals surface area contributed by atoms with Crippen molar-refractivity contribution in [3.05, 3.63) is 35.9 Å². The fourth-order valence-corrected chi connectivity index (χ4v) is 1.62. The Balaban J connectivity index is 2.91. The Morgan fingerprint density at radius 1 is 1.27 bits per heavy atom. The molecule has 2 atom stereocenters. The molecule has 0 aliphatic rings.